The Morgan fingerprint density at radius 1 is 1.44 bits per heavy atom. The van der Waals surface area contributed by atoms with E-state index < -0.39 is 11.8 Å². The summed E-state index contributed by atoms with van der Waals surface area (Å²) in [4.78, 5) is 22.0. The molecule has 86 valence electrons. The summed E-state index contributed by atoms with van der Waals surface area (Å²) in [7, 11) is 1.46. The minimum Gasteiger partial charge on any atom is -0.495 e. The number of ether oxygens (including phenoxy) is 1. The van der Waals surface area contributed by atoms with Crippen LogP contribution in [0.25, 0.3) is 0 Å². The zero-order valence-electron chi connectivity index (χ0n) is 8.82. The highest BCUT2D eigenvalue weighted by atomic mass is 16.5. The average Bonchev–Trinajstić information content (AvgIpc) is 2.26. The van der Waals surface area contributed by atoms with Crippen LogP contribution in [-0.2, 0) is 4.79 Å². The highest BCUT2D eigenvalue weighted by Gasteiger charge is 2.09. The van der Waals surface area contributed by atoms with Crippen LogP contribution in [0.3, 0.4) is 0 Å². The molecule has 6 nitrogen and oxygen atoms in total. The number of hydrogen-bond donors (Lipinski definition) is 3. The van der Waals surface area contributed by atoms with Crippen molar-refractivity contribution in [2.24, 2.45) is 5.73 Å². The molecule has 1 rings (SSSR count). The van der Waals surface area contributed by atoms with Gasteiger partial charge >= 0.3 is 0 Å². The van der Waals surface area contributed by atoms with E-state index in [0.717, 1.165) is 0 Å². The molecule has 0 saturated heterocycles. The number of primary amides is 1. The lowest BCUT2D eigenvalue weighted by Gasteiger charge is -2.07. The fourth-order valence-corrected chi connectivity index (χ4v) is 1.12. The second-order valence-corrected chi connectivity index (χ2v) is 3.11. The van der Waals surface area contributed by atoms with Crippen LogP contribution in [0.4, 0.5) is 5.69 Å². The fourth-order valence-electron chi connectivity index (χ4n) is 1.12. The Kier molecular flexibility index (Phi) is 3.71. The summed E-state index contributed by atoms with van der Waals surface area (Å²) in [5.74, 6) is -0.598. The number of methoxy groups -OCH3 is 1. The Bertz CT molecular complexity index is 418. The van der Waals surface area contributed by atoms with Crippen LogP contribution < -0.4 is 21.5 Å². The van der Waals surface area contributed by atoms with E-state index in [2.05, 4.69) is 5.32 Å². The molecule has 16 heavy (non-hydrogen) atoms. The minimum absolute atomic E-state index is 0.203. The van der Waals surface area contributed by atoms with Crippen LogP contribution in [0.5, 0.6) is 5.75 Å². The lowest BCUT2D eigenvalue weighted by Crippen LogP contribution is -2.33. The van der Waals surface area contributed by atoms with Crippen molar-refractivity contribution in [3.8, 4) is 5.75 Å². The third-order valence-corrected chi connectivity index (χ3v) is 1.92. The van der Waals surface area contributed by atoms with Gasteiger partial charge in [0.1, 0.15) is 5.75 Å². The summed E-state index contributed by atoms with van der Waals surface area (Å²) in [5, 5.41) is 2.36. The molecule has 0 radical (unpaired) electrons. The number of nitrogen functional groups attached to an aromatic ring is 1. The van der Waals surface area contributed by atoms with Gasteiger partial charge < -0.3 is 21.5 Å². The van der Waals surface area contributed by atoms with E-state index >= 15 is 0 Å². The first-order valence-electron chi connectivity index (χ1n) is 4.54. The fraction of sp³-hybridized carbons (Fsp3) is 0.200. The summed E-state index contributed by atoms with van der Waals surface area (Å²) >= 11 is 0. The normalized spacial score (nSPS) is 9.56. The predicted molar refractivity (Wildman–Crippen MR) is 58.9 cm³/mol. The van der Waals surface area contributed by atoms with Crippen molar-refractivity contribution in [2.45, 2.75) is 0 Å². The molecule has 5 N–H and O–H groups in total. The molecular formula is C10H13N3O3. The van der Waals surface area contributed by atoms with Crippen molar-refractivity contribution in [3.63, 3.8) is 0 Å². The molecular weight excluding hydrogens is 210 g/mol. The van der Waals surface area contributed by atoms with Crippen LogP contribution in [0.2, 0.25) is 0 Å². The summed E-state index contributed by atoms with van der Waals surface area (Å²) in [5.41, 5.74) is 11.3. The van der Waals surface area contributed by atoms with Crippen LogP contribution in [-0.4, -0.2) is 25.5 Å². The highest BCUT2D eigenvalue weighted by Crippen LogP contribution is 2.21. The standard InChI is InChI=1S/C10H13N3O3/c1-16-8-4-6(2-3-7(8)11)10(15)13-5-9(12)14/h2-4H,5,11H2,1H3,(H2,12,14)(H,13,15). The van der Waals surface area contributed by atoms with Crippen molar-refractivity contribution in [3.05, 3.63) is 23.8 Å². The second-order valence-electron chi connectivity index (χ2n) is 3.11. The van der Waals surface area contributed by atoms with Gasteiger partial charge in [0.05, 0.1) is 19.3 Å². The molecule has 0 unspecified atom stereocenters. The van der Waals surface area contributed by atoms with Crippen molar-refractivity contribution in [1.82, 2.24) is 5.32 Å². The number of anilines is 1. The van der Waals surface area contributed by atoms with Gasteiger partial charge in [0.2, 0.25) is 5.91 Å². The average molecular weight is 223 g/mol. The Morgan fingerprint density at radius 2 is 2.12 bits per heavy atom. The highest BCUT2D eigenvalue weighted by molar-refractivity contribution is 5.97. The van der Waals surface area contributed by atoms with Crippen LogP contribution >= 0.6 is 0 Å². The van der Waals surface area contributed by atoms with E-state index in [4.69, 9.17) is 16.2 Å². The van der Waals surface area contributed by atoms with Gasteiger partial charge in [-0.15, -0.1) is 0 Å². The number of carbonyl (C=O) groups excluding carboxylic acids is 2. The summed E-state index contributed by atoms with van der Waals surface area (Å²) in [6, 6.07) is 4.58. The van der Waals surface area contributed by atoms with Gasteiger partial charge in [0, 0.05) is 5.56 Å². The first-order chi connectivity index (χ1) is 7.54. The monoisotopic (exact) mass is 223 g/mol. The molecule has 0 atom stereocenters. The SMILES string of the molecule is COc1cc(C(=O)NCC(N)=O)ccc1N. The lowest BCUT2D eigenvalue weighted by atomic mass is 10.2. The van der Waals surface area contributed by atoms with Crippen LogP contribution in [0.1, 0.15) is 10.4 Å². The molecule has 2 amide bonds. The molecule has 0 bridgehead atoms. The molecule has 0 spiro atoms. The minimum atomic E-state index is -0.601. The topological polar surface area (TPSA) is 107 Å². The number of nitrogens with one attached hydrogen (secondary N) is 1. The lowest BCUT2D eigenvalue weighted by molar-refractivity contribution is -0.117. The third kappa shape index (κ3) is 2.88. The quantitative estimate of drug-likeness (QED) is 0.597. The third-order valence-electron chi connectivity index (χ3n) is 1.92. The van der Waals surface area contributed by atoms with Crippen molar-refractivity contribution in [2.75, 3.05) is 19.4 Å². The first kappa shape index (κ1) is 11.8. The number of carbonyl (C=O) groups is 2. The summed E-state index contributed by atoms with van der Waals surface area (Å²) in [6.07, 6.45) is 0. The van der Waals surface area contributed by atoms with E-state index in [9.17, 15) is 9.59 Å². The zero-order valence-corrected chi connectivity index (χ0v) is 8.82. The summed E-state index contributed by atoms with van der Waals surface area (Å²) in [6.45, 7) is -0.203. The Morgan fingerprint density at radius 3 is 2.69 bits per heavy atom. The zero-order chi connectivity index (χ0) is 12.1. The van der Waals surface area contributed by atoms with Crippen LogP contribution in [0, 0.1) is 0 Å². The smallest absolute Gasteiger partial charge is 0.251 e. The van der Waals surface area contributed by atoms with E-state index in [1.165, 1.54) is 19.2 Å². The van der Waals surface area contributed by atoms with Gasteiger partial charge in [0.25, 0.3) is 5.91 Å². The Hall–Kier alpha value is -2.24. The Labute approximate surface area is 92.6 Å². The van der Waals surface area contributed by atoms with E-state index in [-0.39, 0.29) is 6.54 Å². The molecule has 0 aliphatic heterocycles. The molecule has 0 heterocycles. The van der Waals surface area contributed by atoms with E-state index in [1.54, 1.807) is 6.07 Å². The maximum Gasteiger partial charge on any atom is 0.251 e. The summed E-state index contributed by atoms with van der Waals surface area (Å²) < 4.78 is 4.96. The molecule has 1 aromatic carbocycles. The van der Waals surface area contributed by atoms with E-state index in [0.29, 0.717) is 17.0 Å². The number of benzene rings is 1. The van der Waals surface area contributed by atoms with Gasteiger partial charge in [-0.05, 0) is 18.2 Å². The largest absolute Gasteiger partial charge is 0.495 e. The molecule has 6 heteroatoms. The van der Waals surface area contributed by atoms with E-state index in [1.807, 2.05) is 0 Å². The molecule has 0 aromatic heterocycles. The maximum atomic E-state index is 11.5. The van der Waals surface area contributed by atoms with Gasteiger partial charge in [-0.2, -0.15) is 0 Å². The number of amides is 2. The van der Waals surface area contributed by atoms with Crippen LogP contribution in [0.15, 0.2) is 18.2 Å². The maximum absolute atomic E-state index is 11.5. The predicted octanol–water partition coefficient (Wildman–Crippen LogP) is -0.507. The van der Waals surface area contributed by atoms with Crippen molar-refractivity contribution in [1.29, 1.82) is 0 Å². The molecule has 0 saturated carbocycles. The van der Waals surface area contributed by atoms with Gasteiger partial charge in [-0.3, -0.25) is 9.59 Å². The van der Waals surface area contributed by atoms with Crippen molar-refractivity contribution >= 4 is 17.5 Å². The number of hydrogen-bond acceptors (Lipinski definition) is 4. The molecule has 1 aromatic rings. The Balaban J connectivity index is 2.80. The van der Waals surface area contributed by atoms with Crippen molar-refractivity contribution < 1.29 is 14.3 Å². The molecule has 0 aliphatic carbocycles. The molecule has 0 fully saturated rings. The molecule has 0 aliphatic rings. The number of nitrogens with two attached hydrogens (primary N) is 2. The van der Waals surface area contributed by atoms with Gasteiger partial charge in [0.15, 0.2) is 0 Å². The van der Waals surface area contributed by atoms with Gasteiger partial charge in [-0.25, -0.2) is 0 Å². The number of rotatable bonds is 4. The van der Waals surface area contributed by atoms with Gasteiger partial charge in [-0.1, -0.05) is 0 Å². The second kappa shape index (κ2) is 5.01. The first-order valence-corrected chi connectivity index (χ1v) is 4.54.